The van der Waals surface area contributed by atoms with Gasteiger partial charge >= 0.3 is 26.2 Å². The Balaban J connectivity index is 0.000000370. The summed E-state index contributed by atoms with van der Waals surface area (Å²) >= 11 is 0. The van der Waals surface area contributed by atoms with Crippen LogP contribution in [0.4, 0.5) is 5.69 Å². The minimum atomic E-state index is -0.345. The molecular formula is C42H50N2Zr. The number of aryl methyl sites for hydroxylation is 1. The molecule has 1 aromatic heterocycles. The van der Waals surface area contributed by atoms with Gasteiger partial charge < -0.3 is 5.32 Å². The van der Waals surface area contributed by atoms with E-state index in [1.165, 1.54) is 16.7 Å². The first-order chi connectivity index (χ1) is 20.9. The number of benzene rings is 4. The van der Waals surface area contributed by atoms with Gasteiger partial charge in [-0.1, -0.05) is 101 Å². The maximum atomic E-state index is 5.17. The van der Waals surface area contributed by atoms with Gasteiger partial charge in [0.1, 0.15) is 0 Å². The zero-order valence-electron chi connectivity index (χ0n) is 28.3. The molecule has 0 aliphatic rings. The predicted molar refractivity (Wildman–Crippen MR) is 192 cm³/mol. The fourth-order valence-corrected chi connectivity index (χ4v) is 4.24. The van der Waals surface area contributed by atoms with Crippen molar-refractivity contribution in [1.82, 2.24) is 4.98 Å². The molecule has 45 heavy (non-hydrogen) atoms. The van der Waals surface area contributed by atoms with Crippen LogP contribution < -0.4 is 0 Å². The summed E-state index contributed by atoms with van der Waals surface area (Å²) in [7, 11) is 0. The molecule has 0 radical (unpaired) electrons. The van der Waals surface area contributed by atoms with E-state index in [2.05, 4.69) is 105 Å². The van der Waals surface area contributed by atoms with Crippen LogP contribution in [-0.4, -0.2) is 4.98 Å². The Bertz CT molecular complexity index is 1350. The SMILES string of the molecule is Cc1ccc(C(C)(C)[N-]c2c(C(C)C)cccc2C(C)C)nc1.[CH2-]c1ccccc1.[CH2-]c1ccccc1.[CH2-]c1ccccc1.[Zr+4]. The molecule has 1 heterocycles. The summed E-state index contributed by atoms with van der Waals surface area (Å²) < 4.78 is 0. The average molecular weight is 674 g/mol. The first-order valence-corrected chi connectivity index (χ1v) is 15.3. The van der Waals surface area contributed by atoms with Crippen LogP contribution in [0.25, 0.3) is 5.32 Å². The summed E-state index contributed by atoms with van der Waals surface area (Å²) in [6.07, 6.45) is 1.92. The third-order valence-corrected chi connectivity index (χ3v) is 6.80. The Morgan fingerprint density at radius 3 is 1.20 bits per heavy atom. The molecule has 0 bridgehead atoms. The number of pyridine rings is 1. The maximum absolute atomic E-state index is 5.17. The summed E-state index contributed by atoms with van der Waals surface area (Å²) in [4.78, 5) is 4.60. The van der Waals surface area contributed by atoms with Crippen LogP contribution in [0.2, 0.25) is 0 Å². The van der Waals surface area contributed by atoms with E-state index >= 15 is 0 Å². The van der Waals surface area contributed by atoms with Crippen molar-refractivity contribution in [3.05, 3.63) is 193 Å². The Morgan fingerprint density at radius 2 is 0.933 bits per heavy atom. The van der Waals surface area contributed by atoms with E-state index in [1.54, 1.807) is 0 Å². The Morgan fingerprint density at radius 1 is 0.556 bits per heavy atom. The van der Waals surface area contributed by atoms with Gasteiger partial charge in [0.25, 0.3) is 0 Å². The molecular weight excluding hydrogens is 624 g/mol. The van der Waals surface area contributed by atoms with Gasteiger partial charge in [0, 0.05) is 11.9 Å². The van der Waals surface area contributed by atoms with Crippen molar-refractivity contribution < 1.29 is 26.2 Å². The van der Waals surface area contributed by atoms with Crippen molar-refractivity contribution in [1.29, 1.82) is 0 Å². The first-order valence-electron chi connectivity index (χ1n) is 15.3. The number of rotatable bonds is 5. The van der Waals surface area contributed by atoms with Crippen LogP contribution >= 0.6 is 0 Å². The second kappa shape index (κ2) is 20.4. The van der Waals surface area contributed by atoms with Crippen molar-refractivity contribution >= 4 is 5.69 Å². The van der Waals surface area contributed by atoms with Crippen LogP contribution in [0.3, 0.4) is 0 Å². The Kier molecular flexibility index (Phi) is 17.8. The summed E-state index contributed by atoms with van der Waals surface area (Å²) in [6.45, 7) is 26.4. The number of nitrogens with zero attached hydrogens (tertiary/aromatic N) is 2. The second-order valence-electron chi connectivity index (χ2n) is 11.9. The zero-order chi connectivity index (χ0) is 32.5. The summed E-state index contributed by atoms with van der Waals surface area (Å²) in [5.41, 5.74) is 8.83. The maximum Gasteiger partial charge on any atom is 4.00 e. The van der Waals surface area contributed by atoms with Gasteiger partial charge in [-0.25, -0.2) is 0 Å². The topological polar surface area (TPSA) is 27.0 Å². The monoisotopic (exact) mass is 672 g/mol. The van der Waals surface area contributed by atoms with Crippen molar-refractivity contribution in [3.8, 4) is 0 Å². The van der Waals surface area contributed by atoms with E-state index < -0.39 is 0 Å². The molecule has 0 N–H and O–H groups in total. The molecule has 0 atom stereocenters. The van der Waals surface area contributed by atoms with Crippen molar-refractivity contribution in [2.75, 3.05) is 0 Å². The van der Waals surface area contributed by atoms with Gasteiger partial charge in [0.2, 0.25) is 0 Å². The quantitative estimate of drug-likeness (QED) is 0.171. The van der Waals surface area contributed by atoms with E-state index in [1.807, 2.05) is 97.2 Å². The van der Waals surface area contributed by atoms with Gasteiger partial charge in [0.05, 0.1) is 0 Å². The number of hydrogen-bond donors (Lipinski definition) is 0. The molecule has 4 aromatic carbocycles. The minimum absolute atomic E-state index is 0. The van der Waals surface area contributed by atoms with E-state index in [4.69, 9.17) is 5.32 Å². The van der Waals surface area contributed by atoms with Crippen LogP contribution in [0, 0.1) is 27.7 Å². The molecule has 0 aliphatic heterocycles. The van der Waals surface area contributed by atoms with Gasteiger partial charge in [-0.3, -0.25) is 4.98 Å². The second-order valence-corrected chi connectivity index (χ2v) is 11.9. The molecule has 0 unspecified atom stereocenters. The Hall–Kier alpha value is -3.68. The standard InChI is InChI=1S/C21H29N2.3C7H7.Zr/c1-14(2)17-9-8-10-18(15(3)4)20(17)23-21(6,7)19-12-11-16(5)13-22-19;3*1-7-5-3-2-4-6-7;/h8-15H,1-7H3;3*2-6H,1H2;/q4*-1;+4. The van der Waals surface area contributed by atoms with E-state index in [0.717, 1.165) is 28.1 Å². The van der Waals surface area contributed by atoms with Crippen molar-refractivity contribution in [2.24, 2.45) is 0 Å². The van der Waals surface area contributed by atoms with Crippen LogP contribution in [0.1, 0.15) is 92.5 Å². The van der Waals surface area contributed by atoms with Crippen LogP contribution in [0.5, 0.6) is 0 Å². The van der Waals surface area contributed by atoms with Gasteiger partial charge in [-0.2, -0.15) is 73.9 Å². The Labute approximate surface area is 293 Å². The van der Waals surface area contributed by atoms with E-state index in [9.17, 15) is 0 Å². The van der Waals surface area contributed by atoms with Gasteiger partial charge in [-0.05, 0) is 30.4 Å². The van der Waals surface area contributed by atoms with Crippen molar-refractivity contribution in [3.63, 3.8) is 0 Å². The smallest absolute Gasteiger partial charge is 0.674 e. The fraction of sp³-hybridized carbons (Fsp3) is 0.238. The van der Waals surface area contributed by atoms with Gasteiger partial charge in [-0.15, -0.1) is 42.1 Å². The molecule has 0 saturated carbocycles. The fourth-order valence-electron chi connectivity index (χ4n) is 4.24. The molecule has 3 heteroatoms. The number of hydrogen-bond acceptors (Lipinski definition) is 1. The number of aromatic nitrogens is 1. The molecule has 0 aliphatic carbocycles. The molecule has 5 rings (SSSR count). The molecule has 0 saturated heterocycles. The molecule has 232 valence electrons. The van der Waals surface area contributed by atoms with Crippen LogP contribution in [-0.2, 0) is 31.7 Å². The average Bonchev–Trinajstić information content (AvgIpc) is 2.99. The number of para-hydroxylation sites is 1. The predicted octanol–water partition coefficient (Wildman–Crippen LogP) is 12.2. The van der Waals surface area contributed by atoms with Crippen molar-refractivity contribution in [2.45, 2.75) is 65.8 Å². The normalized spacial score (nSPS) is 10.2. The first kappa shape index (κ1) is 39.3. The summed E-state index contributed by atoms with van der Waals surface area (Å²) in [5.74, 6) is 0.906. The summed E-state index contributed by atoms with van der Waals surface area (Å²) in [6, 6.07) is 40.4. The molecule has 2 nitrogen and oxygen atoms in total. The van der Waals surface area contributed by atoms with E-state index in [-0.39, 0.29) is 31.7 Å². The molecule has 0 spiro atoms. The third kappa shape index (κ3) is 14.8. The molecule has 0 amide bonds. The van der Waals surface area contributed by atoms with Crippen LogP contribution in [0.15, 0.2) is 128 Å². The zero-order valence-corrected chi connectivity index (χ0v) is 30.8. The largest absolute Gasteiger partial charge is 4.00 e. The third-order valence-electron chi connectivity index (χ3n) is 6.80. The summed E-state index contributed by atoms with van der Waals surface area (Å²) in [5, 5.41) is 5.17. The van der Waals surface area contributed by atoms with E-state index in [0.29, 0.717) is 11.8 Å². The molecule has 0 fully saturated rings. The van der Waals surface area contributed by atoms with Gasteiger partial charge in [0.15, 0.2) is 0 Å². The minimum Gasteiger partial charge on any atom is -0.674 e. The molecule has 5 aromatic rings.